The van der Waals surface area contributed by atoms with Crippen molar-refractivity contribution in [2.24, 2.45) is 0 Å². The smallest absolute Gasteiger partial charge is 0.262 e. The summed E-state index contributed by atoms with van der Waals surface area (Å²) in [7, 11) is 0. The van der Waals surface area contributed by atoms with Crippen molar-refractivity contribution in [3.05, 3.63) is 12.2 Å². The van der Waals surface area contributed by atoms with E-state index in [0.29, 0.717) is 0 Å². The number of hydrogen-bond acceptors (Lipinski definition) is 2. The van der Waals surface area contributed by atoms with Gasteiger partial charge in [0.25, 0.3) is 5.92 Å². The Hall–Kier alpha value is -0.480. The van der Waals surface area contributed by atoms with Gasteiger partial charge in [-0.05, 0) is 6.92 Å². The molecule has 0 bridgehead atoms. The molecule has 0 saturated carbocycles. The van der Waals surface area contributed by atoms with Crippen LogP contribution in [0.3, 0.4) is 0 Å². The molecule has 12 heavy (non-hydrogen) atoms. The molecular weight excluding hydrogens is 164 g/mol. The highest BCUT2D eigenvalue weighted by Crippen LogP contribution is 2.25. The Morgan fingerprint density at radius 3 is 2.75 bits per heavy atom. The van der Waals surface area contributed by atoms with Gasteiger partial charge in [0.2, 0.25) is 0 Å². The maximum absolute atomic E-state index is 12.6. The second kappa shape index (κ2) is 3.49. The minimum atomic E-state index is -2.59. The Bertz CT molecular complexity index is 180. The van der Waals surface area contributed by atoms with Gasteiger partial charge < -0.3 is 10.4 Å². The van der Waals surface area contributed by atoms with Crippen LogP contribution in [0, 0.1) is 0 Å². The van der Waals surface area contributed by atoms with Crippen LogP contribution in [-0.2, 0) is 0 Å². The van der Waals surface area contributed by atoms with Gasteiger partial charge in [0.15, 0.2) is 0 Å². The predicted molar refractivity (Wildman–Crippen MR) is 42.2 cm³/mol. The lowest BCUT2D eigenvalue weighted by Crippen LogP contribution is -2.21. The fourth-order valence-corrected chi connectivity index (χ4v) is 1.18. The van der Waals surface area contributed by atoms with Crippen molar-refractivity contribution in [1.29, 1.82) is 0 Å². The summed E-state index contributed by atoms with van der Waals surface area (Å²) >= 11 is 0. The van der Waals surface area contributed by atoms with E-state index in [2.05, 4.69) is 5.32 Å². The van der Waals surface area contributed by atoms with Gasteiger partial charge in [-0.3, -0.25) is 0 Å². The Balaban J connectivity index is 2.38. The third-order valence-corrected chi connectivity index (χ3v) is 1.76. The topological polar surface area (TPSA) is 32.3 Å². The number of halogens is 2. The summed E-state index contributed by atoms with van der Waals surface area (Å²) in [6, 6.07) is -0.297. The summed E-state index contributed by atoms with van der Waals surface area (Å²) in [5, 5.41) is 11.5. The van der Waals surface area contributed by atoms with E-state index >= 15 is 0 Å². The number of alkyl halides is 2. The van der Waals surface area contributed by atoms with Crippen LogP contribution in [0.5, 0.6) is 0 Å². The molecule has 1 heterocycles. The average Bonchev–Trinajstić information content (AvgIpc) is 2.26. The SMILES string of the molecule is CC(O)/C=C/C1CC(F)(F)CN1. The summed E-state index contributed by atoms with van der Waals surface area (Å²) in [6.07, 6.45) is 2.36. The van der Waals surface area contributed by atoms with Crippen molar-refractivity contribution in [2.45, 2.75) is 31.4 Å². The third kappa shape index (κ3) is 2.87. The van der Waals surface area contributed by atoms with E-state index in [1.165, 1.54) is 6.08 Å². The molecule has 4 heteroatoms. The summed E-state index contributed by atoms with van der Waals surface area (Å²) < 4.78 is 25.1. The number of hydrogen-bond donors (Lipinski definition) is 2. The molecule has 2 nitrogen and oxygen atoms in total. The molecular formula is C8H13F2NO. The van der Waals surface area contributed by atoms with Crippen molar-refractivity contribution in [2.75, 3.05) is 6.54 Å². The van der Waals surface area contributed by atoms with Crippen LogP contribution in [0.4, 0.5) is 8.78 Å². The van der Waals surface area contributed by atoms with E-state index in [0.717, 1.165) is 0 Å². The largest absolute Gasteiger partial charge is 0.389 e. The molecule has 1 aliphatic heterocycles. The Labute approximate surface area is 70.3 Å². The van der Waals surface area contributed by atoms with Gasteiger partial charge >= 0.3 is 0 Å². The highest BCUT2D eigenvalue weighted by Gasteiger charge is 2.37. The molecule has 2 unspecified atom stereocenters. The lowest BCUT2D eigenvalue weighted by molar-refractivity contribution is 0.0222. The first-order valence-corrected chi connectivity index (χ1v) is 3.97. The normalized spacial score (nSPS) is 31.2. The Kier molecular flexibility index (Phi) is 2.80. The van der Waals surface area contributed by atoms with Gasteiger partial charge in [0.05, 0.1) is 12.6 Å². The molecule has 1 saturated heterocycles. The number of nitrogens with one attached hydrogen (secondary N) is 1. The van der Waals surface area contributed by atoms with Gasteiger partial charge in [0, 0.05) is 12.5 Å². The van der Waals surface area contributed by atoms with E-state index < -0.39 is 12.0 Å². The lowest BCUT2D eigenvalue weighted by atomic mass is 10.1. The molecule has 0 aromatic heterocycles. The zero-order chi connectivity index (χ0) is 9.19. The molecule has 0 radical (unpaired) electrons. The molecule has 0 amide bonds. The van der Waals surface area contributed by atoms with Gasteiger partial charge in [-0.25, -0.2) is 8.78 Å². The van der Waals surface area contributed by atoms with Gasteiger partial charge in [-0.1, -0.05) is 12.2 Å². The molecule has 1 aliphatic rings. The van der Waals surface area contributed by atoms with Crippen molar-refractivity contribution < 1.29 is 13.9 Å². The maximum atomic E-state index is 12.6. The second-order valence-corrected chi connectivity index (χ2v) is 3.17. The summed E-state index contributed by atoms with van der Waals surface area (Å²) in [4.78, 5) is 0. The molecule has 2 N–H and O–H groups in total. The van der Waals surface area contributed by atoms with Crippen molar-refractivity contribution in [1.82, 2.24) is 5.32 Å². The van der Waals surface area contributed by atoms with Crippen molar-refractivity contribution in [3.8, 4) is 0 Å². The van der Waals surface area contributed by atoms with Gasteiger partial charge in [-0.2, -0.15) is 0 Å². The van der Waals surface area contributed by atoms with Crippen LogP contribution < -0.4 is 5.32 Å². The van der Waals surface area contributed by atoms with E-state index in [-0.39, 0.29) is 19.0 Å². The van der Waals surface area contributed by atoms with Gasteiger partial charge in [-0.15, -0.1) is 0 Å². The van der Waals surface area contributed by atoms with E-state index in [1.807, 2.05) is 0 Å². The average molecular weight is 177 g/mol. The van der Waals surface area contributed by atoms with E-state index in [1.54, 1.807) is 13.0 Å². The van der Waals surface area contributed by atoms with Crippen LogP contribution in [0.15, 0.2) is 12.2 Å². The fraction of sp³-hybridized carbons (Fsp3) is 0.750. The first-order chi connectivity index (χ1) is 5.49. The molecule has 70 valence electrons. The second-order valence-electron chi connectivity index (χ2n) is 3.17. The summed E-state index contributed by atoms with van der Waals surface area (Å²) in [5.74, 6) is -2.59. The first kappa shape index (κ1) is 9.61. The molecule has 0 spiro atoms. The van der Waals surface area contributed by atoms with E-state index in [4.69, 9.17) is 5.11 Å². The van der Waals surface area contributed by atoms with Crippen LogP contribution in [0.1, 0.15) is 13.3 Å². The monoisotopic (exact) mass is 177 g/mol. The minimum Gasteiger partial charge on any atom is -0.389 e. The molecule has 2 atom stereocenters. The third-order valence-electron chi connectivity index (χ3n) is 1.76. The fourth-order valence-electron chi connectivity index (χ4n) is 1.18. The summed E-state index contributed by atoms with van der Waals surface area (Å²) in [6.45, 7) is 1.32. The lowest BCUT2D eigenvalue weighted by Gasteiger charge is -2.04. The van der Waals surface area contributed by atoms with Crippen molar-refractivity contribution >= 4 is 0 Å². The molecule has 0 aliphatic carbocycles. The van der Waals surface area contributed by atoms with Crippen LogP contribution in [0.2, 0.25) is 0 Å². The Morgan fingerprint density at radius 2 is 2.33 bits per heavy atom. The van der Waals surface area contributed by atoms with Gasteiger partial charge in [0.1, 0.15) is 0 Å². The maximum Gasteiger partial charge on any atom is 0.262 e. The predicted octanol–water partition coefficient (Wildman–Crippen LogP) is 0.921. The zero-order valence-corrected chi connectivity index (χ0v) is 6.93. The zero-order valence-electron chi connectivity index (χ0n) is 6.93. The molecule has 1 rings (SSSR count). The number of rotatable bonds is 2. The quantitative estimate of drug-likeness (QED) is 0.615. The van der Waals surface area contributed by atoms with E-state index in [9.17, 15) is 8.78 Å². The highest BCUT2D eigenvalue weighted by atomic mass is 19.3. The number of aliphatic hydroxyl groups is 1. The number of aliphatic hydroxyl groups excluding tert-OH is 1. The van der Waals surface area contributed by atoms with Crippen molar-refractivity contribution in [3.63, 3.8) is 0 Å². The molecule has 1 fully saturated rings. The van der Waals surface area contributed by atoms with Crippen LogP contribution >= 0.6 is 0 Å². The molecule has 0 aromatic carbocycles. The first-order valence-electron chi connectivity index (χ1n) is 3.97. The highest BCUT2D eigenvalue weighted by molar-refractivity contribution is 5.02. The summed E-state index contributed by atoms with van der Waals surface area (Å²) in [5.41, 5.74) is 0. The standard InChI is InChI=1S/C8H13F2NO/c1-6(12)2-3-7-4-8(9,10)5-11-7/h2-3,6-7,11-12H,4-5H2,1H3/b3-2+. The minimum absolute atomic E-state index is 0.170. The van der Waals surface area contributed by atoms with Crippen LogP contribution in [0.25, 0.3) is 0 Å². The molecule has 0 aromatic rings. The van der Waals surface area contributed by atoms with Crippen LogP contribution in [-0.4, -0.2) is 29.7 Å². The Morgan fingerprint density at radius 1 is 1.67 bits per heavy atom.